The standard InChI is InChI=1S/C12H16N4O/c1-8-4-10(5-9(2)15-8)11(17)6-12-13-7-14-16(12)3/h4-5,7,11,17H,6H2,1-3H3. The van der Waals surface area contributed by atoms with Crippen LogP contribution in [0.3, 0.4) is 0 Å². The Morgan fingerprint density at radius 1 is 1.29 bits per heavy atom. The molecule has 0 aliphatic carbocycles. The highest BCUT2D eigenvalue weighted by Gasteiger charge is 2.13. The molecule has 2 aromatic rings. The van der Waals surface area contributed by atoms with E-state index in [1.165, 1.54) is 6.33 Å². The Labute approximate surface area is 100 Å². The molecule has 90 valence electrons. The van der Waals surface area contributed by atoms with Gasteiger partial charge in [0.25, 0.3) is 0 Å². The first kappa shape index (κ1) is 11.7. The molecule has 5 nitrogen and oxygen atoms in total. The summed E-state index contributed by atoms with van der Waals surface area (Å²) in [7, 11) is 1.82. The summed E-state index contributed by atoms with van der Waals surface area (Å²) in [4.78, 5) is 8.39. The first-order valence-corrected chi connectivity index (χ1v) is 5.52. The predicted octanol–water partition coefficient (Wildman–Crippen LogP) is 1.10. The van der Waals surface area contributed by atoms with Crippen LogP contribution >= 0.6 is 0 Å². The second-order valence-corrected chi connectivity index (χ2v) is 4.20. The number of aliphatic hydroxyl groups is 1. The molecule has 5 heteroatoms. The molecule has 1 unspecified atom stereocenters. The van der Waals surface area contributed by atoms with Crippen LogP contribution in [0.1, 0.15) is 28.9 Å². The van der Waals surface area contributed by atoms with Crippen molar-refractivity contribution >= 4 is 0 Å². The average Bonchev–Trinajstić information content (AvgIpc) is 2.63. The van der Waals surface area contributed by atoms with Gasteiger partial charge in [-0.1, -0.05) is 0 Å². The Kier molecular flexibility index (Phi) is 3.19. The van der Waals surface area contributed by atoms with Crippen molar-refractivity contribution < 1.29 is 5.11 Å². The lowest BCUT2D eigenvalue weighted by Crippen LogP contribution is -2.08. The molecule has 17 heavy (non-hydrogen) atoms. The molecule has 0 radical (unpaired) electrons. The summed E-state index contributed by atoms with van der Waals surface area (Å²) < 4.78 is 1.67. The molecule has 0 fully saturated rings. The van der Waals surface area contributed by atoms with Crippen molar-refractivity contribution in [1.82, 2.24) is 19.7 Å². The van der Waals surface area contributed by atoms with Gasteiger partial charge in [0.05, 0.1) is 6.10 Å². The average molecular weight is 232 g/mol. The molecule has 0 spiro atoms. The van der Waals surface area contributed by atoms with Gasteiger partial charge in [-0.25, -0.2) is 4.98 Å². The van der Waals surface area contributed by atoms with Crippen molar-refractivity contribution in [2.75, 3.05) is 0 Å². The molecule has 1 N–H and O–H groups in total. The highest BCUT2D eigenvalue weighted by Crippen LogP contribution is 2.18. The van der Waals surface area contributed by atoms with Crippen molar-refractivity contribution in [1.29, 1.82) is 0 Å². The highest BCUT2D eigenvalue weighted by atomic mass is 16.3. The smallest absolute Gasteiger partial charge is 0.138 e. The molecule has 0 amide bonds. The second kappa shape index (κ2) is 4.63. The summed E-state index contributed by atoms with van der Waals surface area (Å²) in [5, 5.41) is 14.1. The number of hydrogen-bond acceptors (Lipinski definition) is 4. The van der Waals surface area contributed by atoms with Crippen LogP contribution in [0, 0.1) is 13.8 Å². The summed E-state index contributed by atoms with van der Waals surface area (Å²) in [5.41, 5.74) is 2.70. The van der Waals surface area contributed by atoms with Crippen molar-refractivity contribution in [3.63, 3.8) is 0 Å². The summed E-state index contributed by atoms with van der Waals surface area (Å²) >= 11 is 0. The molecule has 0 saturated carbocycles. The molecular weight excluding hydrogens is 216 g/mol. The largest absolute Gasteiger partial charge is 0.388 e. The van der Waals surface area contributed by atoms with Crippen LogP contribution < -0.4 is 0 Å². The van der Waals surface area contributed by atoms with Crippen LogP contribution in [0.5, 0.6) is 0 Å². The third-order valence-corrected chi connectivity index (χ3v) is 2.67. The lowest BCUT2D eigenvalue weighted by Gasteiger charge is -2.11. The number of aliphatic hydroxyl groups excluding tert-OH is 1. The molecule has 0 bridgehead atoms. The number of rotatable bonds is 3. The Morgan fingerprint density at radius 3 is 2.47 bits per heavy atom. The molecule has 1 atom stereocenters. The first-order valence-electron chi connectivity index (χ1n) is 5.52. The Hall–Kier alpha value is -1.75. The van der Waals surface area contributed by atoms with Gasteiger partial charge in [-0.05, 0) is 31.5 Å². The maximum Gasteiger partial charge on any atom is 0.138 e. The molecule has 0 saturated heterocycles. The maximum atomic E-state index is 10.2. The first-order chi connectivity index (χ1) is 8.06. The van der Waals surface area contributed by atoms with Gasteiger partial charge in [0.2, 0.25) is 0 Å². The van der Waals surface area contributed by atoms with E-state index < -0.39 is 6.10 Å². The van der Waals surface area contributed by atoms with E-state index in [0.29, 0.717) is 6.42 Å². The zero-order chi connectivity index (χ0) is 12.4. The van der Waals surface area contributed by atoms with Gasteiger partial charge < -0.3 is 5.11 Å². The number of aromatic nitrogens is 4. The Bertz CT molecular complexity index is 501. The van der Waals surface area contributed by atoms with Gasteiger partial charge in [0, 0.05) is 24.9 Å². The summed E-state index contributed by atoms with van der Waals surface area (Å²) in [5.74, 6) is 0.768. The summed E-state index contributed by atoms with van der Waals surface area (Å²) in [6.07, 6.45) is 1.38. The van der Waals surface area contributed by atoms with Crippen LogP contribution in [-0.4, -0.2) is 24.9 Å². The van der Waals surface area contributed by atoms with Crippen LogP contribution in [0.15, 0.2) is 18.5 Å². The van der Waals surface area contributed by atoms with Gasteiger partial charge in [-0.3, -0.25) is 9.67 Å². The predicted molar refractivity (Wildman–Crippen MR) is 63.4 cm³/mol. The third-order valence-electron chi connectivity index (χ3n) is 2.67. The van der Waals surface area contributed by atoms with E-state index in [0.717, 1.165) is 22.8 Å². The molecule has 0 aromatic carbocycles. The van der Waals surface area contributed by atoms with E-state index in [-0.39, 0.29) is 0 Å². The fraction of sp³-hybridized carbons (Fsp3) is 0.417. The van der Waals surface area contributed by atoms with Crippen LogP contribution in [0.2, 0.25) is 0 Å². The topological polar surface area (TPSA) is 63.8 Å². The molecular formula is C12H16N4O. The second-order valence-electron chi connectivity index (χ2n) is 4.20. The van der Waals surface area contributed by atoms with Crippen molar-refractivity contribution in [2.45, 2.75) is 26.4 Å². The summed E-state index contributed by atoms with van der Waals surface area (Å²) in [6.45, 7) is 3.84. The van der Waals surface area contributed by atoms with E-state index in [9.17, 15) is 5.11 Å². The van der Waals surface area contributed by atoms with E-state index in [1.54, 1.807) is 4.68 Å². The van der Waals surface area contributed by atoms with E-state index >= 15 is 0 Å². The lowest BCUT2D eigenvalue weighted by molar-refractivity contribution is 0.174. The van der Waals surface area contributed by atoms with Crippen LogP contribution in [0.4, 0.5) is 0 Å². The zero-order valence-electron chi connectivity index (χ0n) is 10.3. The fourth-order valence-corrected chi connectivity index (χ4v) is 1.85. The summed E-state index contributed by atoms with van der Waals surface area (Å²) in [6, 6.07) is 3.79. The van der Waals surface area contributed by atoms with Crippen LogP contribution in [0.25, 0.3) is 0 Å². The Balaban J connectivity index is 2.20. The number of hydrogen-bond donors (Lipinski definition) is 1. The van der Waals surface area contributed by atoms with Gasteiger partial charge >= 0.3 is 0 Å². The molecule has 0 aliphatic heterocycles. The van der Waals surface area contributed by atoms with E-state index in [4.69, 9.17) is 0 Å². The third kappa shape index (κ3) is 2.68. The normalized spacial score (nSPS) is 12.7. The quantitative estimate of drug-likeness (QED) is 0.860. The molecule has 2 heterocycles. The minimum Gasteiger partial charge on any atom is -0.388 e. The minimum absolute atomic E-state index is 0.458. The number of pyridine rings is 1. The van der Waals surface area contributed by atoms with Crippen molar-refractivity contribution in [3.05, 3.63) is 41.2 Å². The monoisotopic (exact) mass is 232 g/mol. The van der Waals surface area contributed by atoms with Gasteiger partial charge in [0.15, 0.2) is 0 Å². The van der Waals surface area contributed by atoms with Gasteiger partial charge in [0.1, 0.15) is 12.2 Å². The lowest BCUT2D eigenvalue weighted by atomic mass is 10.1. The molecule has 2 aromatic heterocycles. The minimum atomic E-state index is -0.571. The number of nitrogens with zero attached hydrogens (tertiary/aromatic N) is 4. The van der Waals surface area contributed by atoms with Gasteiger partial charge in [-0.15, -0.1) is 0 Å². The van der Waals surface area contributed by atoms with Crippen molar-refractivity contribution in [3.8, 4) is 0 Å². The van der Waals surface area contributed by atoms with E-state index in [2.05, 4.69) is 15.1 Å². The SMILES string of the molecule is Cc1cc(C(O)Cc2ncnn2C)cc(C)n1. The van der Waals surface area contributed by atoms with Gasteiger partial charge in [-0.2, -0.15) is 5.10 Å². The maximum absolute atomic E-state index is 10.2. The Morgan fingerprint density at radius 2 is 1.94 bits per heavy atom. The zero-order valence-corrected chi connectivity index (χ0v) is 10.3. The fourth-order valence-electron chi connectivity index (χ4n) is 1.85. The molecule has 2 rings (SSSR count). The number of aryl methyl sites for hydroxylation is 3. The van der Waals surface area contributed by atoms with Crippen LogP contribution in [-0.2, 0) is 13.5 Å². The van der Waals surface area contributed by atoms with E-state index in [1.807, 2.05) is 33.0 Å². The highest BCUT2D eigenvalue weighted by molar-refractivity contribution is 5.23. The van der Waals surface area contributed by atoms with Crippen molar-refractivity contribution in [2.24, 2.45) is 7.05 Å². The molecule has 0 aliphatic rings.